The smallest absolute Gasteiger partial charge is 0.211 e. The van der Waals surface area contributed by atoms with Crippen molar-refractivity contribution in [2.45, 2.75) is 19.4 Å². The highest BCUT2D eigenvalue weighted by Gasteiger charge is 2.36. The first-order valence-electron chi connectivity index (χ1n) is 6.02. The molecule has 1 aromatic rings. The van der Waals surface area contributed by atoms with Gasteiger partial charge in [-0.3, -0.25) is 0 Å². The van der Waals surface area contributed by atoms with Crippen molar-refractivity contribution in [2.24, 2.45) is 5.92 Å². The van der Waals surface area contributed by atoms with Crippen molar-refractivity contribution in [2.75, 3.05) is 19.9 Å². The van der Waals surface area contributed by atoms with E-state index in [1.54, 1.807) is 11.4 Å². The number of ether oxygens (including phenoxy) is 1. The van der Waals surface area contributed by atoms with Crippen LogP contribution >= 0.6 is 0 Å². The second kappa shape index (κ2) is 4.90. The number of rotatable bonds is 3. The van der Waals surface area contributed by atoms with E-state index in [0.29, 0.717) is 12.5 Å². The Morgan fingerprint density at radius 3 is 2.39 bits per heavy atom. The van der Waals surface area contributed by atoms with E-state index in [1.165, 1.54) is 6.26 Å². The summed E-state index contributed by atoms with van der Waals surface area (Å²) >= 11 is 0. The lowest BCUT2D eigenvalue weighted by Crippen LogP contribution is -2.29. The highest BCUT2D eigenvalue weighted by atomic mass is 32.2. The normalized spacial score (nSPS) is 25.3. The van der Waals surface area contributed by atoms with Crippen molar-refractivity contribution >= 4 is 10.0 Å². The van der Waals surface area contributed by atoms with Crippen LogP contribution in [0.1, 0.15) is 24.9 Å². The number of nitrogens with zero attached hydrogens (tertiary/aromatic N) is 1. The van der Waals surface area contributed by atoms with Crippen LogP contribution in [-0.4, -0.2) is 32.6 Å². The van der Waals surface area contributed by atoms with E-state index in [0.717, 1.165) is 17.7 Å². The van der Waals surface area contributed by atoms with E-state index in [4.69, 9.17) is 4.74 Å². The zero-order valence-electron chi connectivity index (χ0n) is 11.0. The van der Waals surface area contributed by atoms with Crippen LogP contribution in [0.4, 0.5) is 0 Å². The first kappa shape index (κ1) is 13.4. The summed E-state index contributed by atoms with van der Waals surface area (Å²) in [6, 6.07) is 7.60. The first-order chi connectivity index (χ1) is 8.41. The lowest BCUT2D eigenvalue weighted by molar-refractivity contribution is 0.396. The third kappa shape index (κ3) is 2.67. The van der Waals surface area contributed by atoms with Crippen LogP contribution in [-0.2, 0) is 10.0 Å². The van der Waals surface area contributed by atoms with E-state index in [1.807, 2.05) is 24.3 Å². The van der Waals surface area contributed by atoms with Gasteiger partial charge in [0, 0.05) is 12.6 Å². The summed E-state index contributed by atoms with van der Waals surface area (Å²) in [5.74, 6) is 1.18. The fourth-order valence-electron chi connectivity index (χ4n) is 2.50. The Kier molecular flexibility index (Phi) is 3.64. The molecular weight excluding hydrogens is 250 g/mol. The molecule has 0 N–H and O–H groups in total. The van der Waals surface area contributed by atoms with Gasteiger partial charge in [0.25, 0.3) is 0 Å². The van der Waals surface area contributed by atoms with Gasteiger partial charge in [-0.05, 0) is 30.0 Å². The first-order valence-corrected chi connectivity index (χ1v) is 7.87. The van der Waals surface area contributed by atoms with Crippen LogP contribution < -0.4 is 4.74 Å². The highest BCUT2D eigenvalue weighted by molar-refractivity contribution is 7.88. The summed E-state index contributed by atoms with van der Waals surface area (Å²) in [6.45, 7) is 2.69. The summed E-state index contributed by atoms with van der Waals surface area (Å²) in [5, 5.41) is 0. The van der Waals surface area contributed by atoms with E-state index in [9.17, 15) is 8.42 Å². The molecule has 2 atom stereocenters. The molecule has 0 radical (unpaired) electrons. The summed E-state index contributed by atoms with van der Waals surface area (Å²) in [4.78, 5) is 0. The Morgan fingerprint density at radius 1 is 1.28 bits per heavy atom. The molecule has 4 nitrogen and oxygen atoms in total. The van der Waals surface area contributed by atoms with Gasteiger partial charge in [0.1, 0.15) is 5.75 Å². The Balaban J connectivity index is 2.30. The Labute approximate surface area is 109 Å². The molecular formula is C13H19NO3S. The van der Waals surface area contributed by atoms with Gasteiger partial charge in [0.2, 0.25) is 10.0 Å². The maximum absolute atomic E-state index is 11.8. The van der Waals surface area contributed by atoms with Gasteiger partial charge in [-0.25, -0.2) is 8.42 Å². The monoisotopic (exact) mass is 269 g/mol. The minimum Gasteiger partial charge on any atom is -0.497 e. The van der Waals surface area contributed by atoms with Crippen LogP contribution in [0.5, 0.6) is 5.75 Å². The summed E-state index contributed by atoms with van der Waals surface area (Å²) < 4.78 is 30.3. The molecule has 18 heavy (non-hydrogen) atoms. The minimum atomic E-state index is -3.15. The van der Waals surface area contributed by atoms with Crippen LogP contribution in [0.25, 0.3) is 0 Å². The quantitative estimate of drug-likeness (QED) is 0.843. The highest BCUT2D eigenvalue weighted by Crippen LogP contribution is 2.37. The van der Waals surface area contributed by atoms with E-state index in [2.05, 4.69) is 6.92 Å². The third-order valence-electron chi connectivity index (χ3n) is 3.39. The van der Waals surface area contributed by atoms with Gasteiger partial charge in [0.05, 0.1) is 13.4 Å². The maximum atomic E-state index is 11.8. The van der Waals surface area contributed by atoms with Crippen LogP contribution in [0, 0.1) is 5.92 Å². The lowest BCUT2D eigenvalue weighted by Gasteiger charge is -2.22. The number of methoxy groups -OCH3 is 1. The largest absolute Gasteiger partial charge is 0.497 e. The molecule has 0 aliphatic carbocycles. The van der Waals surface area contributed by atoms with E-state index in [-0.39, 0.29) is 6.04 Å². The molecule has 0 bridgehead atoms. The molecule has 1 fully saturated rings. The molecule has 1 aliphatic heterocycles. The topological polar surface area (TPSA) is 46.6 Å². The molecule has 1 aromatic carbocycles. The maximum Gasteiger partial charge on any atom is 0.211 e. The van der Waals surface area contributed by atoms with Crippen LogP contribution in [0.3, 0.4) is 0 Å². The van der Waals surface area contributed by atoms with Crippen molar-refractivity contribution in [3.63, 3.8) is 0 Å². The molecule has 0 amide bonds. The molecule has 100 valence electrons. The van der Waals surface area contributed by atoms with Gasteiger partial charge in [-0.1, -0.05) is 19.1 Å². The summed E-state index contributed by atoms with van der Waals surface area (Å²) in [7, 11) is -1.53. The predicted molar refractivity (Wildman–Crippen MR) is 71.1 cm³/mol. The molecule has 0 spiro atoms. The van der Waals surface area contributed by atoms with Crippen molar-refractivity contribution in [3.8, 4) is 5.75 Å². The Morgan fingerprint density at radius 2 is 1.89 bits per heavy atom. The van der Waals surface area contributed by atoms with Gasteiger partial charge >= 0.3 is 0 Å². The zero-order chi connectivity index (χ0) is 13.3. The van der Waals surface area contributed by atoms with Crippen molar-refractivity contribution in [1.82, 2.24) is 4.31 Å². The summed E-state index contributed by atoms with van der Waals surface area (Å²) in [6.07, 6.45) is 2.15. The average Bonchev–Trinajstić information content (AvgIpc) is 2.71. The molecule has 1 heterocycles. The fourth-order valence-corrected chi connectivity index (χ4v) is 3.70. The lowest BCUT2D eigenvalue weighted by atomic mass is 10.0. The van der Waals surface area contributed by atoms with Crippen molar-refractivity contribution in [3.05, 3.63) is 29.8 Å². The third-order valence-corrected chi connectivity index (χ3v) is 4.65. The number of benzene rings is 1. The second-order valence-electron chi connectivity index (χ2n) is 4.96. The predicted octanol–water partition coefficient (Wildman–Crippen LogP) is 2.04. The number of hydrogen-bond donors (Lipinski definition) is 0. The molecule has 1 saturated heterocycles. The van der Waals surface area contributed by atoms with Gasteiger partial charge in [-0.2, -0.15) is 4.31 Å². The molecule has 0 saturated carbocycles. The number of hydrogen-bond acceptors (Lipinski definition) is 3. The van der Waals surface area contributed by atoms with Gasteiger partial charge in [0.15, 0.2) is 0 Å². The molecule has 5 heteroatoms. The number of sulfonamides is 1. The van der Waals surface area contributed by atoms with E-state index >= 15 is 0 Å². The molecule has 0 aromatic heterocycles. The fraction of sp³-hybridized carbons (Fsp3) is 0.538. The molecule has 2 rings (SSSR count). The van der Waals surface area contributed by atoms with Gasteiger partial charge < -0.3 is 4.74 Å². The Hall–Kier alpha value is -1.07. The van der Waals surface area contributed by atoms with Crippen LogP contribution in [0.2, 0.25) is 0 Å². The minimum absolute atomic E-state index is 0.0408. The van der Waals surface area contributed by atoms with E-state index < -0.39 is 10.0 Å². The van der Waals surface area contributed by atoms with Crippen molar-refractivity contribution < 1.29 is 13.2 Å². The Bertz CT molecular complexity index is 510. The average molecular weight is 269 g/mol. The molecule has 1 aliphatic rings. The van der Waals surface area contributed by atoms with Crippen LogP contribution in [0.15, 0.2) is 24.3 Å². The SMILES string of the molecule is COc1ccc(C2CC(C)CN2S(C)(=O)=O)cc1. The van der Waals surface area contributed by atoms with Crippen molar-refractivity contribution in [1.29, 1.82) is 0 Å². The summed E-state index contributed by atoms with van der Waals surface area (Å²) in [5.41, 5.74) is 1.03. The second-order valence-corrected chi connectivity index (χ2v) is 6.90. The zero-order valence-corrected chi connectivity index (χ0v) is 11.8. The molecule has 2 unspecified atom stereocenters. The van der Waals surface area contributed by atoms with Gasteiger partial charge in [-0.15, -0.1) is 0 Å². The standard InChI is InChI=1S/C13H19NO3S/c1-10-8-13(14(9-10)18(3,15)16)11-4-6-12(17-2)7-5-11/h4-7,10,13H,8-9H2,1-3H3.